The fraction of sp³-hybridized carbons (Fsp3) is 0.188. The molecule has 0 aliphatic heterocycles. The molecule has 0 radical (unpaired) electrons. The zero-order chi connectivity index (χ0) is 14.4. The molecule has 2 aromatic carbocycles. The third-order valence-corrected chi connectivity index (χ3v) is 2.94. The van der Waals surface area contributed by atoms with Crippen molar-refractivity contribution < 1.29 is 13.9 Å². The predicted molar refractivity (Wildman–Crippen MR) is 75.9 cm³/mol. The molecule has 0 aliphatic carbocycles. The van der Waals surface area contributed by atoms with E-state index in [9.17, 15) is 9.18 Å². The summed E-state index contributed by atoms with van der Waals surface area (Å²) in [6, 6.07) is 13.9. The standard InChI is InChI=1S/C16H16FNO2/c1-20-16(19)10-12-4-8-15(9-5-12)18-11-13-2-6-14(17)7-3-13/h2-9,18H,10-11H2,1H3. The van der Waals surface area contributed by atoms with Crippen molar-refractivity contribution in [2.45, 2.75) is 13.0 Å². The van der Waals surface area contributed by atoms with Crippen molar-refractivity contribution in [2.24, 2.45) is 0 Å². The van der Waals surface area contributed by atoms with Crippen LogP contribution in [0.2, 0.25) is 0 Å². The Balaban J connectivity index is 1.90. The summed E-state index contributed by atoms with van der Waals surface area (Å²) in [6.45, 7) is 0.622. The average Bonchev–Trinajstić information content (AvgIpc) is 2.48. The fourth-order valence-corrected chi connectivity index (χ4v) is 1.79. The van der Waals surface area contributed by atoms with Crippen LogP contribution in [0.25, 0.3) is 0 Å². The van der Waals surface area contributed by atoms with Gasteiger partial charge in [0, 0.05) is 12.2 Å². The van der Waals surface area contributed by atoms with Gasteiger partial charge in [-0.3, -0.25) is 4.79 Å². The first-order chi connectivity index (χ1) is 9.67. The van der Waals surface area contributed by atoms with Gasteiger partial charge in [0.05, 0.1) is 13.5 Å². The lowest BCUT2D eigenvalue weighted by Gasteiger charge is -2.07. The summed E-state index contributed by atoms with van der Waals surface area (Å²) in [5.41, 5.74) is 2.86. The Kier molecular flexibility index (Phi) is 4.71. The molecule has 0 saturated heterocycles. The molecule has 0 aliphatic rings. The molecule has 0 spiro atoms. The van der Waals surface area contributed by atoms with Gasteiger partial charge < -0.3 is 10.1 Å². The van der Waals surface area contributed by atoms with Gasteiger partial charge >= 0.3 is 5.97 Å². The number of anilines is 1. The number of carbonyl (C=O) groups is 1. The van der Waals surface area contributed by atoms with Crippen LogP contribution in [0.1, 0.15) is 11.1 Å². The Morgan fingerprint density at radius 2 is 1.65 bits per heavy atom. The lowest BCUT2D eigenvalue weighted by molar-refractivity contribution is -0.139. The smallest absolute Gasteiger partial charge is 0.309 e. The highest BCUT2D eigenvalue weighted by Gasteiger charge is 2.02. The van der Waals surface area contributed by atoms with Gasteiger partial charge in [0.25, 0.3) is 0 Å². The first kappa shape index (κ1) is 14.1. The first-order valence-electron chi connectivity index (χ1n) is 6.31. The normalized spacial score (nSPS) is 10.1. The number of carbonyl (C=O) groups excluding carboxylic acids is 1. The number of methoxy groups -OCH3 is 1. The van der Waals surface area contributed by atoms with Crippen LogP contribution in [0.3, 0.4) is 0 Å². The third-order valence-electron chi connectivity index (χ3n) is 2.94. The maximum atomic E-state index is 12.8. The van der Waals surface area contributed by atoms with E-state index < -0.39 is 0 Å². The SMILES string of the molecule is COC(=O)Cc1ccc(NCc2ccc(F)cc2)cc1. The Bertz CT molecular complexity index is 564. The van der Waals surface area contributed by atoms with Gasteiger partial charge in [-0.2, -0.15) is 0 Å². The van der Waals surface area contributed by atoms with E-state index in [0.717, 1.165) is 16.8 Å². The van der Waals surface area contributed by atoms with Crippen LogP contribution in [0.4, 0.5) is 10.1 Å². The summed E-state index contributed by atoms with van der Waals surface area (Å²) in [5, 5.41) is 3.24. The molecule has 20 heavy (non-hydrogen) atoms. The second-order valence-electron chi connectivity index (χ2n) is 4.43. The molecule has 0 unspecified atom stereocenters. The highest BCUT2D eigenvalue weighted by molar-refractivity contribution is 5.72. The number of ether oxygens (including phenoxy) is 1. The monoisotopic (exact) mass is 273 g/mol. The van der Waals surface area contributed by atoms with E-state index in [1.807, 2.05) is 24.3 Å². The van der Waals surface area contributed by atoms with Crippen molar-refractivity contribution >= 4 is 11.7 Å². The lowest BCUT2D eigenvalue weighted by Crippen LogP contribution is -2.04. The molecule has 1 N–H and O–H groups in total. The molecule has 0 aromatic heterocycles. The third kappa shape index (κ3) is 4.09. The molecule has 0 atom stereocenters. The van der Waals surface area contributed by atoms with E-state index in [-0.39, 0.29) is 18.2 Å². The molecule has 0 bridgehead atoms. The molecule has 2 rings (SSSR count). The van der Waals surface area contributed by atoms with Crippen molar-refractivity contribution in [3.8, 4) is 0 Å². The van der Waals surface area contributed by atoms with Crippen molar-refractivity contribution in [2.75, 3.05) is 12.4 Å². The fourth-order valence-electron chi connectivity index (χ4n) is 1.79. The number of benzene rings is 2. The maximum absolute atomic E-state index is 12.8. The van der Waals surface area contributed by atoms with Crippen molar-refractivity contribution in [1.29, 1.82) is 0 Å². The van der Waals surface area contributed by atoms with Crippen LogP contribution >= 0.6 is 0 Å². The molecule has 104 valence electrons. The van der Waals surface area contributed by atoms with Gasteiger partial charge in [0.15, 0.2) is 0 Å². The predicted octanol–water partition coefficient (Wildman–Crippen LogP) is 3.15. The number of hydrogen-bond acceptors (Lipinski definition) is 3. The maximum Gasteiger partial charge on any atom is 0.309 e. The number of halogens is 1. The van der Waals surface area contributed by atoms with Crippen molar-refractivity contribution in [3.63, 3.8) is 0 Å². The minimum atomic E-state index is -0.253. The topological polar surface area (TPSA) is 38.3 Å². The van der Waals surface area contributed by atoms with Crippen LogP contribution in [0.15, 0.2) is 48.5 Å². The minimum Gasteiger partial charge on any atom is -0.469 e. The summed E-state index contributed by atoms with van der Waals surface area (Å²) in [7, 11) is 1.38. The van der Waals surface area contributed by atoms with Crippen LogP contribution < -0.4 is 5.32 Å². The van der Waals surface area contributed by atoms with E-state index in [2.05, 4.69) is 10.1 Å². The van der Waals surface area contributed by atoms with Gasteiger partial charge in [0.2, 0.25) is 0 Å². The Hall–Kier alpha value is -2.36. The van der Waals surface area contributed by atoms with Gasteiger partial charge in [-0.25, -0.2) is 4.39 Å². The molecular weight excluding hydrogens is 257 g/mol. The molecule has 0 saturated carbocycles. The average molecular weight is 273 g/mol. The molecule has 0 amide bonds. The summed E-state index contributed by atoms with van der Waals surface area (Å²) >= 11 is 0. The van der Waals surface area contributed by atoms with Crippen LogP contribution in [-0.2, 0) is 22.5 Å². The molecular formula is C16H16FNO2. The van der Waals surface area contributed by atoms with E-state index in [1.165, 1.54) is 19.2 Å². The van der Waals surface area contributed by atoms with E-state index in [4.69, 9.17) is 0 Å². The highest BCUT2D eigenvalue weighted by atomic mass is 19.1. The molecule has 0 heterocycles. The number of rotatable bonds is 5. The van der Waals surface area contributed by atoms with E-state index in [1.54, 1.807) is 12.1 Å². The van der Waals surface area contributed by atoms with E-state index >= 15 is 0 Å². The zero-order valence-electron chi connectivity index (χ0n) is 11.2. The largest absolute Gasteiger partial charge is 0.469 e. The Morgan fingerprint density at radius 3 is 2.25 bits per heavy atom. The van der Waals surface area contributed by atoms with Crippen molar-refractivity contribution in [1.82, 2.24) is 0 Å². The minimum absolute atomic E-state index is 0.235. The lowest BCUT2D eigenvalue weighted by atomic mass is 10.1. The molecule has 0 fully saturated rings. The summed E-state index contributed by atoms with van der Waals surface area (Å²) < 4.78 is 17.4. The summed E-state index contributed by atoms with van der Waals surface area (Å²) in [4.78, 5) is 11.1. The molecule has 4 heteroatoms. The van der Waals surface area contributed by atoms with Crippen LogP contribution in [-0.4, -0.2) is 13.1 Å². The van der Waals surface area contributed by atoms with Crippen LogP contribution in [0, 0.1) is 5.82 Å². The Labute approximate surface area is 117 Å². The molecule has 3 nitrogen and oxygen atoms in total. The first-order valence-corrected chi connectivity index (χ1v) is 6.31. The van der Waals surface area contributed by atoms with Gasteiger partial charge in [0.1, 0.15) is 5.82 Å². The number of esters is 1. The van der Waals surface area contributed by atoms with Gasteiger partial charge in [-0.05, 0) is 35.4 Å². The van der Waals surface area contributed by atoms with Crippen molar-refractivity contribution in [3.05, 3.63) is 65.5 Å². The molecule has 2 aromatic rings. The zero-order valence-corrected chi connectivity index (χ0v) is 11.2. The number of hydrogen-bond donors (Lipinski definition) is 1. The highest BCUT2D eigenvalue weighted by Crippen LogP contribution is 2.12. The second-order valence-corrected chi connectivity index (χ2v) is 4.43. The summed E-state index contributed by atoms with van der Waals surface area (Å²) in [6.07, 6.45) is 0.273. The second kappa shape index (κ2) is 6.70. The van der Waals surface area contributed by atoms with Gasteiger partial charge in [-0.15, -0.1) is 0 Å². The Morgan fingerprint density at radius 1 is 1.05 bits per heavy atom. The quantitative estimate of drug-likeness (QED) is 0.850. The van der Waals surface area contributed by atoms with Crippen LogP contribution in [0.5, 0.6) is 0 Å². The summed E-state index contributed by atoms with van der Waals surface area (Å²) in [5.74, 6) is -0.488. The van der Waals surface area contributed by atoms with Gasteiger partial charge in [-0.1, -0.05) is 24.3 Å². The van der Waals surface area contributed by atoms with E-state index in [0.29, 0.717) is 6.54 Å². The number of nitrogens with one attached hydrogen (secondary N) is 1.